The molecule has 2 rings (SSSR count). The van der Waals surface area contributed by atoms with Crippen LogP contribution in [0, 0.1) is 0 Å². The number of ether oxygens (including phenoxy) is 1. The van der Waals surface area contributed by atoms with Crippen LogP contribution in [-0.4, -0.2) is 17.1 Å². The van der Waals surface area contributed by atoms with E-state index in [0.717, 1.165) is 5.56 Å². The summed E-state index contributed by atoms with van der Waals surface area (Å²) in [5.74, 6) is 0.464. The fourth-order valence-corrected chi connectivity index (χ4v) is 1.68. The third-order valence-electron chi connectivity index (χ3n) is 2.08. The van der Waals surface area contributed by atoms with Crippen LogP contribution in [-0.2, 0) is 0 Å². The molecule has 0 N–H and O–H groups in total. The molecule has 1 aromatic carbocycles. The van der Waals surface area contributed by atoms with Crippen molar-refractivity contribution in [3.63, 3.8) is 0 Å². The molecule has 0 aliphatic carbocycles. The summed E-state index contributed by atoms with van der Waals surface area (Å²) in [5.41, 5.74) is 1.53. The van der Waals surface area contributed by atoms with E-state index in [9.17, 15) is 0 Å². The number of halogens is 2. The van der Waals surface area contributed by atoms with Gasteiger partial charge in [0.15, 0.2) is 10.9 Å². The normalized spacial score (nSPS) is 10.2. The van der Waals surface area contributed by atoms with Crippen LogP contribution in [0.4, 0.5) is 0 Å². The molecule has 2 aromatic rings. The van der Waals surface area contributed by atoms with Crippen molar-refractivity contribution in [2.75, 3.05) is 7.11 Å². The Labute approximate surface area is 103 Å². The minimum atomic E-state index is 0.294. The van der Waals surface area contributed by atoms with Crippen molar-refractivity contribution in [2.24, 2.45) is 0 Å². The van der Waals surface area contributed by atoms with Gasteiger partial charge < -0.3 is 4.74 Å². The van der Waals surface area contributed by atoms with E-state index in [2.05, 4.69) is 9.97 Å². The fourth-order valence-electron chi connectivity index (χ4n) is 1.35. The molecule has 0 aliphatic rings. The SMILES string of the molecule is COc1c(Cl)ncnc1-c1ccc(Cl)cc1. The van der Waals surface area contributed by atoms with E-state index in [0.29, 0.717) is 21.6 Å². The van der Waals surface area contributed by atoms with Crippen LogP contribution in [0.25, 0.3) is 11.3 Å². The second-order valence-corrected chi connectivity index (χ2v) is 3.85. The molecule has 0 unspecified atom stereocenters. The molecule has 5 heteroatoms. The molecule has 0 bridgehead atoms. The first-order chi connectivity index (χ1) is 7.72. The van der Waals surface area contributed by atoms with Gasteiger partial charge >= 0.3 is 0 Å². The Hall–Kier alpha value is -1.32. The maximum atomic E-state index is 5.91. The summed E-state index contributed by atoms with van der Waals surface area (Å²) in [6.07, 6.45) is 1.40. The van der Waals surface area contributed by atoms with Crippen molar-refractivity contribution >= 4 is 23.2 Å². The number of hydrogen-bond acceptors (Lipinski definition) is 3. The summed E-state index contributed by atoms with van der Waals surface area (Å²) in [6, 6.07) is 7.27. The minimum Gasteiger partial charge on any atom is -0.491 e. The summed E-state index contributed by atoms with van der Waals surface area (Å²) in [5, 5.41) is 0.963. The zero-order valence-electron chi connectivity index (χ0n) is 8.45. The predicted molar refractivity (Wildman–Crippen MR) is 64.0 cm³/mol. The monoisotopic (exact) mass is 254 g/mol. The second-order valence-electron chi connectivity index (χ2n) is 3.05. The highest BCUT2D eigenvalue weighted by atomic mass is 35.5. The molecule has 3 nitrogen and oxygen atoms in total. The number of rotatable bonds is 2. The highest BCUT2D eigenvalue weighted by molar-refractivity contribution is 6.31. The maximum absolute atomic E-state index is 5.91. The van der Waals surface area contributed by atoms with Gasteiger partial charge in [-0.05, 0) is 12.1 Å². The zero-order chi connectivity index (χ0) is 11.5. The van der Waals surface area contributed by atoms with Crippen molar-refractivity contribution in [1.29, 1.82) is 0 Å². The average molecular weight is 255 g/mol. The van der Waals surface area contributed by atoms with E-state index in [1.54, 1.807) is 12.1 Å². The Morgan fingerprint density at radius 2 is 1.75 bits per heavy atom. The van der Waals surface area contributed by atoms with Crippen LogP contribution in [0.5, 0.6) is 5.75 Å². The van der Waals surface area contributed by atoms with E-state index in [1.807, 2.05) is 12.1 Å². The van der Waals surface area contributed by atoms with Gasteiger partial charge in [0.05, 0.1) is 7.11 Å². The van der Waals surface area contributed by atoms with E-state index < -0.39 is 0 Å². The average Bonchev–Trinajstić information content (AvgIpc) is 2.30. The van der Waals surface area contributed by atoms with Gasteiger partial charge in [-0.15, -0.1) is 0 Å². The summed E-state index contributed by atoms with van der Waals surface area (Å²) < 4.78 is 5.17. The molecule has 0 atom stereocenters. The minimum absolute atomic E-state index is 0.294. The quantitative estimate of drug-likeness (QED) is 0.771. The van der Waals surface area contributed by atoms with Crippen LogP contribution < -0.4 is 4.74 Å². The van der Waals surface area contributed by atoms with Crippen molar-refractivity contribution in [2.45, 2.75) is 0 Å². The van der Waals surface area contributed by atoms with E-state index in [-0.39, 0.29) is 0 Å². The lowest BCUT2D eigenvalue weighted by molar-refractivity contribution is 0.413. The highest BCUT2D eigenvalue weighted by Crippen LogP contribution is 2.32. The van der Waals surface area contributed by atoms with Gasteiger partial charge in [-0.25, -0.2) is 9.97 Å². The molecular formula is C11H8Cl2N2O. The third-order valence-corrected chi connectivity index (χ3v) is 2.60. The van der Waals surface area contributed by atoms with Gasteiger partial charge in [0.25, 0.3) is 0 Å². The summed E-state index contributed by atoms with van der Waals surface area (Å²) in [7, 11) is 1.53. The predicted octanol–water partition coefficient (Wildman–Crippen LogP) is 3.46. The first-order valence-corrected chi connectivity index (χ1v) is 5.28. The van der Waals surface area contributed by atoms with Crippen LogP contribution in [0.3, 0.4) is 0 Å². The Balaban J connectivity index is 2.55. The highest BCUT2D eigenvalue weighted by Gasteiger charge is 2.11. The Kier molecular flexibility index (Phi) is 3.27. The molecule has 0 saturated carbocycles. The molecule has 0 spiro atoms. The standard InChI is InChI=1S/C11H8Cl2N2O/c1-16-10-9(14-6-15-11(10)13)7-2-4-8(12)5-3-7/h2-6H,1H3. The number of hydrogen-bond donors (Lipinski definition) is 0. The van der Waals surface area contributed by atoms with E-state index in [1.165, 1.54) is 13.4 Å². The van der Waals surface area contributed by atoms with Crippen molar-refractivity contribution < 1.29 is 4.74 Å². The lowest BCUT2D eigenvalue weighted by Gasteiger charge is -2.07. The van der Waals surface area contributed by atoms with Crippen molar-refractivity contribution in [3.05, 3.63) is 40.8 Å². The van der Waals surface area contributed by atoms with Crippen LogP contribution in [0.1, 0.15) is 0 Å². The van der Waals surface area contributed by atoms with Gasteiger partial charge in [0.1, 0.15) is 12.0 Å². The fraction of sp³-hybridized carbons (Fsp3) is 0.0909. The van der Waals surface area contributed by atoms with Gasteiger partial charge in [-0.1, -0.05) is 35.3 Å². The molecule has 0 aliphatic heterocycles. The third kappa shape index (κ3) is 2.10. The first kappa shape index (κ1) is 11.2. The Morgan fingerprint density at radius 3 is 2.38 bits per heavy atom. The van der Waals surface area contributed by atoms with Gasteiger partial charge in [0, 0.05) is 10.6 Å². The number of nitrogens with zero attached hydrogens (tertiary/aromatic N) is 2. The van der Waals surface area contributed by atoms with Gasteiger partial charge in [0.2, 0.25) is 0 Å². The van der Waals surface area contributed by atoms with Crippen LogP contribution >= 0.6 is 23.2 Å². The molecule has 0 radical (unpaired) electrons. The first-order valence-electron chi connectivity index (χ1n) is 4.53. The lowest BCUT2D eigenvalue weighted by atomic mass is 10.1. The summed E-state index contributed by atoms with van der Waals surface area (Å²) >= 11 is 11.7. The maximum Gasteiger partial charge on any atom is 0.182 e. The van der Waals surface area contributed by atoms with Crippen LogP contribution in [0.2, 0.25) is 10.2 Å². The van der Waals surface area contributed by atoms with Gasteiger partial charge in [-0.2, -0.15) is 0 Å². The second kappa shape index (κ2) is 4.68. The molecule has 1 aromatic heterocycles. The lowest BCUT2D eigenvalue weighted by Crippen LogP contribution is -1.94. The molecule has 0 saturated heterocycles. The smallest absolute Gasteiger partial charge is 0.182 e. The zero-order valence-corrected chi connectivity index (χ0v) is 9.96. The molecule has 0 amide bonds. The topological polar surface area (TPSA) is 35.0 Å². The van der Waals surface area contributed by atoms with Crippen molar-refractivity contribution in [1.82, 2.24) is 9.97 Å². The largest absolute Gasteiger partial charge is 0.491 e. The summed E-state index contributed by atoms with van der Waals surface area (Å²) in [6.45, 7) is 0. The summed E-state index contributed by atoms with van der Waals surface area (Å²) in [4.78, 5) is 8.00. The van der Waals surface area contributed by atoms with Crippen molar-refractivity contribution in [3.8, 4) is 17.0 Å². The van der Waals surface area contributed by atoms with Gasteiger partial charge in [-0.3, -0.25) is 0 Å². The number of methoxy groups -OCH3 is 1. The molecule has 16 heavy (non-hydrogen) atoms. The number of benzene rings is 1. The van der Waals surface area contributed by atoms with E-state index >= 15 is 0 Å². The van der Waals surface area contributed by atoms with Crippen LogP contribution in [0.15, 0.2) is 30.6 Å². The Bertz CT molecular complexity index is 500. The van der Waals surface area contributed by atoms with E-state index in [4.69, 9.17) is 27.9 Å². The Morgan fingerprint density at radius 1 is 1.06 bits per heavy atom. The molecule has 1 heterocycles. The number of aromatic nitrogens is 2. The molecule has 82 valence electrons. The molecule has 0 fully saturated rings. The molecular weight excluding hydrogens is 247 g/mol.